The topological polar surface area (TPSA) is 0 Å². The summed E-state index contributed by atoms with van der Waals surface area (Å²) in [7, 11) is 0. The predicted molar refractivity (Wildman–Crippen MR) is 55.6 cm³/mol. The van der Waals surface area contributed by atoms with Crippen LogP contribution in [0.5, 0.6) is 0 Å². The van der Waals surface area contributed by atoms with Gasteiger partial charge >= 0.3 is 0 Å². The fourth-order valence-corrected chi connectivity index (χ4v) is 2.16. The molecule has 0 nitrogen and oxygen atoms in total. The minimum Gasteiger partial charge on any atom is -0.122 e. The molecule has 0 bridgehead atoms. The maximum absolute atomic E-state index is 6.31. The van der Waals surface area contributed by atoms with Crippen molar-refractivity contribution in [2.75, 3.05) is 0 Å². The summed E-state index contributed by atoms with van der Waals surface area (Å²) in [6, 6.07) is 0. The lowest BCUT2D eigenvalue weighted by molar-refractivity contribution is 0.215. The van der Waals surface area contributed by atoms with E-state index in [1.165, 1.54) is 18.4 Å². The van der Waals surface area contributed by atoms with E-state index < -0.39 is 0 Å². The molecular weight excluding hydrogens is 168 g/mol. The molecule has 0 spiro atoms. The summed E-state index contributed by atoms with van der Waals surface area (Å²) in [6.45, 7) is 10.6. The fourth-order valence-electron chi connectivity index (χ4n) is 1.84. The van der Waals surface area contributed by atoms with E-state index >= 15 is 0 Å². The molecule has 0 amide bonds. The molecule has 0 heterocycles. The first kappa shape index (κ1) is 10.1. The Balaban J connectivity index is 2.58. The Labute approximate surface area is 81.0 Å². The third-order valence-corrected chi connectivity index (χ3v) is 3.94. The number of hydrogen-bond donors (Lipinski definition) is 0. The van der Waals surface area contributed by atoms with E-state index in [1.807, 2.05) is 0 Å². The first-order valence-electron chi connectivity index (χ1n) is 4.73. The Bertz CT molecular complexity index is 181. The molecule has 0 aromatic heterocycles. The van der Waals surface area contributed by atoms with E-state index in [1.54, 1.807) is 0 Å². The van der Waals surface area contributed by atoms with Gasteiger partial charge in [-0.05, 0) is 37.5 Å². The van der Waals surface area contributed by atoms with E-state index in [0.717, 1.165) is 6.42 Å². The highest BCUT2D eigenvalue weighted by Crippen LogP contribution is 2.43. The Kier molecular flexibility index (Phi) is 2.88. The molecule has 0 aliphatic heterocycles. The van der Waals surface area contributed by atoms with Crippen molar-refractivity contribution in [3.05, 3.63) is 12.2 Å². The number of rotatable bonds is 1. The second kappa shape index (κ2) is 3.41. The van der Waals surface area contributed by atoms with Crippen LogP contribution in [0.3, 0.4) is 0 Å². The Morgan fingerprint density at radius 1 is 1.50 bits per heavy atom. The van der Waals surface area contributed by atoms with Gasteiger partial charge in [-0.3, -0.25) is 0 Å². The summed E-state index contributed by atoms with van der Waals surface area (Å²) < 4.78 is 0. The van der Waals surface area contributed by atoms with Crippen LogP contribution in [0, 0.1) is 11.3 Å². The van der Waals surface area contributed by atoms with Crippen LogP contribution < -0.4 is 0 Å². The van der Waals surface area contributed by atoms with Gasteiger partial charge in [0.2, 0.25) is 0 Å². The summed E-state index contributed by atoms with van der Waals surface area (Å²) in [4.78, 5) is 0. The number of hydrogen-bond acceptors (Lipinski definition) is 0. The van der Waals surface area contributed by atoms with Crippen molar-refractivity contribution in [2.45, 2.75) is 45.4 Å². The van der Waals surface area contributed by atoms with Gasteiger partial charge < -0.3 is 0 Å². The van der Waals surface area contributed by atoms with Crippen LogP contribution in [0.4, 0.5) is 0 Å². The molecule has 0 N–H and O–H groups in total. The van der Waals surface area contributed by atoms with Crippen molar-refractivity contribution in [3.8, 4) is 0 Å². The van der Waals surface area contributed by atoms with Gasteiger partial charge in [0.15, 0.2) is 0 Å². The van der Waals surface area contributed by atoms with Gasteiger partial charge in [-0.1, -0.05) is 26.0 Å². The standard InChI is InChI=1S/C11H19Cl/c1-8(2)9-5-6-11(3,4)10(12)7-9/h9-10H,1,5-7H2,2-4H3. The zero-order chi connectivity index (χ0) is 9.35. The van der Waals surface area contributed by atoms with Gasteiger partial charge in [0.1, 0.15) is 0 Å². The van der Waals surface area contributed by atoms with E-state index in [9.17, 15) is 0 Å². The molecule has 1 aliphatic carbocycles. The number of alkyl halides is 1. The molecule has 0 radical (unpaired) electrons. The zero-order valence-electron chi connectivity index (χ0n) is 8.36. The van der Waals surface area contributed by atoms with E-state index in [0.29, 0.717) is 16.7 Å². The average molecular weight is 187 g/mol. The predicted octanol–water partition coefficient (Wildman–Crippen LogP) is 4.00. The zero-order valence-corrected chi connectivity index (χ0v) is 9.12. The van der Waals surface area contributed by atoms with Crippen LogP contribution in [-0.2, 0) is 0 Å². The fraction of sp³-hybridized carbons (Fsp3) is 0.818. The lowest BCUT2D eigenvalue weighted by atomic mass is 9.71. The normalized spacial score (nSPS) is 34.7. The molecular formula is C11H19Cl. The van der Waals surface area contributed by atoms with Crippen LogP contribution in [0.15, 0.2) is 12.2 Å². The van der Waals surface area contributed by atoms with Gasteiger partial charge in [-0.25, -0.2) is 0 Å². The highest BCUT2D eigenvalue weighted by Gasteiger charge is 2.35. The minimum atomic E-state index is 0.327. The Morgan fingerprint density at radius 3 is 2.50 bits per heavy atom. The van der Waals surface area contributed by atoms with E-state index in [-0.39, 0.29) is 0 Å². The SMILES string of the molecule is C=C(C)C1CCC(C)(C)C(Cl)C1. The van der Waals surface area contributed by atoms with Crippen LogP contribution in [-0.4, -0.2) is 5.38 Å². The number of halogens is 1. The van der Waals surface area contributed by atoms with Crippen LogP contribution in [0.2, 0.25) is 0 Å². The third kappa shape index (κ3) is 2.04. The monoisotopic (exact) mass is 186 g/mol. The van der Waals surface area contributed by atoms with Crippen molar-refractivity contribution < 1.29 is 0 Å². The summed E-state index contributed by atoms with van der Waals surface area (Å²) >= 11 is 6.31. The lowest BCUT2D eigenvalue weighted by Crippen LogP contribution is -2.32. The van der Waals surface area contributed by atoms with Gasteiger partial charge in [-0.2, -0.15) is 0 Å². The van der Waals surface area contributed by atoms with Gasteiger partial charge in [0, 0.05) is 5.38 Å². The minimum absolute atomic E-state index is 0.327. The van der Waals surface area contributed by atoms with Crippen molar-refractivity contribution in [3.63, 3.8) is 0 Å². The van der Waals surface area contributed by atoms with Crippen molar-refractivity contribution in [2.24, 2.45) is 11.3 Å². The molecule has 12 heavy (non-hydrogen) atoms. The van der Waals surface area contributed by atoms with Crippen LogP contribution in [0.25, 0.3) is 0 Å². The van der Waals surface area contributed by atoms with Crippen molar-refractivity contribution >= 4 is 11.6 Å². The smallest absolute Gasteiger partial charge is 0.0392 e. The first-order chi connectivity index (χ1) is 5.43. The molecule has 1 heteroatoms. The van der Waals surface area contributed by atoms with Gasteiger partial charge in [-0.15, -0.1) is 11.6 Å². The lowest BCUT2D eigenvalue weighted by Gasteiger charge is -2.39. The summed E-state index contributed by atoms with van der Waals surface area (Å²) in [5, 5.41) is 0.327. The molecule has 1 saturated carbocycles. The molecule has 2 atom stereocenters. The second-order valence-corrected chi connectivity index (χ2v) is 5.30. The molecule has 1 aliphatic rings. The molecule has 1 rings (SSSR count). The van der Waals surface area contributed by atoms with E-state index in [4.69, 9.17) is 11.6 Å². The van der Waals surface area contributed by atoms with Crippen LogP contribution >= 0.6 is 11.6 Å². The maximum Gasteiger partial charge on any atom is 0.0392 e. The molecule has 0 aromatic carbocycles. The molecule has 1 fully saturated rings. The first-order valence-corrected chi connectivity index (χ1v) is 5.16. The number of allylic oxidation sites excluding steroid dienone is 1. The van der Waals surface area contributed by atoms with Crippen LogP contribution in [0.1, 0.15) is 40.0 Å². The summed E-state index contributed by atoms with van der Waals surface area (Å²) in [6.07, 6.45) is 3.62. The largest absolute Gasteiger partial charge is 0.122 e. The van der Waals surface area contributed by atoms with Gasteiger partial charge in [0.05, 0.1) is 0 Å². The molecule has 0 saturated heterocycles. The summed E-state index contributed by atoms with van der Waals surface area (Å²) in [5.41, 5.74) is 1.63. The van der Waals surface area contributed by atoms with Crippen molar-refractivity contribution in [1.29, 1.82) is 0 Å². The van der Waals surface area contributed by atoms with Crippen molar-refractivity contribution in [1.82, 2.24) is 0 Å². The third-order valence-electron chi connectivity index (χ3n) is 3.17. The quantitative estimate of drug-likeness (QED) is 0.429. The second-order valence-electron chi connectivity index (χ2n) is 4.77. The summed E-state index contributed by atoms with van der Waals surface area (Å²) in [5.74, 6) is 0.667. The van der Waals surface area contributed by atoms with E-state index in [2.05, 4.69) is 27.4 Å². The molecule has 70 valence electrons. The molecule has 2 unspecified atom stereocenters. The Morgan fingerprint density at radius 2 is 2.08 bits per heavy atom. The van der Waals surface area contributed by atoms with Gasteiger partial charge in [0.25, 0.3) is 0 Å². The average Bonchev–Trinajstić information content (AvgIpc) is 1.94. The molecule has 0 aromatic rings. The maximum atomic E-state index is 6.31. The Hall–Kier alpha value is 0.0300. The highest BCUT2D eigenvalue weighted by molar-refractivity contribution is 6.21. The highest BCUT2D eigenvalue weighted by atomic mass is 35.5.